The summed E-state index contributed by atoms with van der Waals surface area (Å²) >= 11 is 5.89. The maximum absolute atomic E-state index is 13.9. The molecule has 0 spiro atoms. The lowest BCUT2D eigenvalue weighted by Crippen LogP contribution is -2.36. The van der Waals surface area contributed by atoms with Crippen LogP contribution < -0.4 is 10.6 Å². The Labute approximate surface area is 167 Å². The van der Waals surface area contributed by atoms with E-state index in [9.17, 15) is 22.8 Å². The van der Waals surface area contributed by atoms with Gasteiger partial charge in [-0.25, -0.2) is 17.9 Å². The summed E-state index contributed by atoms with van der Waals surface area (Å²) in [7, 11) is 0. The van der Waals surface area contributed by atoms with Crippen molar-refractivity contribution in [3.05, 3.63) is 65.1 Å². The summed E-state index contributed by atoms with van der Waals surface area (Å²) in [6.07, 6.45) is 1.22. The van der Waals surface area contributed by atoms with Crippen molar-refractivity contribution in [2.45, 2.75) is 12.5 Å². The average molecular weight is 421 g/mol. The fourth-order valence-electron chi connectivity index (χ4n) is 3.05. The first-order valence-corrected chi connectivity index (χ1v) is 8.80. The molecule has 148 valence electrons. The maximum atomic E-state index is 13.9. The Bertz CT molecular complexity index is 1130. The van der Waals surface area contributed by atoms with E-state index in [1.807, 2.05) is 0 Å². The molecule has 1 unspecified atom stereocenters. The van der Waals surface area contributed by atoms with Gasteiger partial charge in [-0.05, 0) is 29.8 Å². The second-order valence-corrected chi connectivity index (χ2v) is 6.78. The van der Waals surface area contributed by atoms with E-state index in [-0.39, 0.29) is 12.2 Å². The lowest BCUT2D eigenvalue weighted by atomic mass is 10.1. The number of carbonyl (C=O) groups excluding carboxylic acids is 2. The summed E-state index contributed by atoms with van der Waals surface area (Å²) in [4.78, 5) is 24.8. The predicted molar refractivity (Wildman–Crippen MR) is 99.9 cm³/mol. The van der Waals surface area contributed by atoms with Gasteiger partial charge in [-0.1, -0.05) is 23.7 Å². The maximum Gasteiger partial charge on any atom is 0.249 e. The van der Waals surface area contributed by atoms with Gasteiger partial charge >= 0.3 is 0 Å². The van der Waals surface area contributed by atoms with Crippen molar-refractivity contribution < 1.29 is 22.8 Å². The highest BCUT2D eigenvalue weighted by atomic mass is 35.5. The summed E-state index contributed by atoms with van der Waals surface area (Å²) < 4.78 is 41.7. The number of rotatable bonds is 3. The molecular formula is C19H12ClF3N4O2. The topological polar surface area (TPSA) is 76.0 Å². The van der Waals surface area contributed by atoms with Gasteiger partial charge in [0.05, 0.1) is 18.3 Å². The molecule has 0 bridgehead atoms. The number of aromatic nitrogens is 2. The zero-order valence-corrected chi connectivity index (χ0v) is 15.3. The molecule has 2 heterocycles. The van der Waals surface area contributed by atoms with Crippen LogP contribution in [0.15, 0.2) is 42.6 Å². The van der Waals surface area contributed by atoms with Crippen molar-refractivity contribution >= 4 is 34.9 Å². The van der Waals surface area contributed by atoms with Crippen LogP contribution in [0.4, 0.5) is 24.7 Å². The molecule has 4 rings (SSSR count). The minimum absolute atomic E-state index is 0.258. The van der Waals surface area contributed by atoms with E-state index in [0.717, 1.165) is 6.07 Å². The zero-order valence-electron chi connectivity index (χ0n) is 14.5. The normalized spacial score (nSPS) is 15.6. The second-order valence-electron chi connectivity index (χ2n) is 6.34. The first kappa shape index (κ1) is 19.0. The number of carbonyl (C=O) groups is 2. The number of hydrogen-bond acceptors (Lipinski definition) is 3. The van der Waals surface area contributed by atoms with Crippen molar-refractivity contribution in [2.24, 2.45) is 0 Å². The molecule has 0 aliphatic carbocycles. The van der Waals surface area contributed by atoms with Crippen LogP contribution in [-0.4, -0.2) is 21.6 Å². The van der Waals surface area contributed by atoms with E-state index in [0.29, 0.717) is 22.2 Å². The Morgan fingerprint density at radius 2 is 1.86 bits per heavy atom. The molecule has 1 aromatic heterocycles. The molecule has 2 N–H and O–H groups in total. The Kier molecular flexibility index (Phi) is 4.75. The minimum atomic E-state index is -1.70. The van der Waals surface area contributed by atoms with E-state index in [4.69, 9.17) is 11.6 Å². The van der Waals surface area contributed by atoms with Gasteiger partial charge in [-0.15, -0.1) is 0 Å². The molecule has 29 heavy (non-hydrogen) atoms. The molecule has 2 aromatic carbocycles. The molecule has 0 saturated carbocycles. The number of benzene rings is 2. The number of nitrogens with zero attached hydrogens (tertiary/aromatic N) is 2. The van der Waals surface area contributed by atoms with Gasteiger partial charge in [-0.3, -0.25) is 9.59 Å². The third-order valence-electron chi connectivity index (χ3n) is 4.48. The van der Waals surface area contributed by atoms with Crippen molar-refractivity contribution in [2.75, 3.05) is 10.6 Å². The smallest absolute Gasteiger partial charge is 0.249 e. The highest BCUT2D eigenvalue weighted by molar-refractivity contribution is 6.30. The van der Waals surface area contributed by atoms with Gasteiger partial charge < -0.3 is 10.6 Å². The molecule has 0 radical (unpaired) electrons. The van der Waals surface area contributed by atoms with Crippen molar-refractivity contribution in [3.63, 3.8) is 0 Å². The number of nitrogens with one attached hydrogen (secondary N) is 2. The van der Waals surface area contributed by atoms with E-state index in [1.54, 1.807) is 24.3 Å². The number of hydrogen-bond donors (Lipinski definition) is 2. The van der Waals surface area contributed by atoms with Gasteiger partial charge in [0.1, 0.15) is 11.9 Å². The number of halogens is 4. The Morgan fingerprint density at radius 1 is 1.14 bits per heavy atom. The monoisotopic (exact) mass is 420 g/mol. The van der Waals surface area contributed by atoms with Crippen LogP contribution in [0.25, 0.3) is 11.1 Å². The Balaban J connectivity index is 1.67. The third kappa shape index (κ3) is 3.44. The molecule has 0 saturated heterocycles. The predicted octanol–water partition coefficient (Wildman–Crippen LogP) is 4.14. The van der Waals surface area contributed by atoms with Crippen LogP contribution in [0.2, 0.25) is 5.02 Å². The Hall–Kier alpha value is -3.33. The van der Waals surface area contributed by atoms with Crippen LogP contribution in [0.1, 0.15) is 12.5 Å². The summed E-state index contributed by atoms with van der Waals surface area (Å²) in [5.74, 6) is -5.56. The fraction of sp³-hybridized carbons (Fsp3) is 0.105. The van der Waals surface area contributed by atoms with Gasteiger partial charge in [0.2, 0.25) is 11.8 Å². The van der Waals surface area contributed by atoms with E-state index >= 15 is 0 Å². The molecule has 2 amide bonds. The second kappa shape index (κ2) is 7.25. The molecule has 1 aliphatic heterocycles. The fourth-order valence-corrected chi connectivity index (χ4v) is 3.18. The van der Waals surface area contributed by atoms with E-state index < -0.39 is 41.0 Å². The SMILES string of the molecule is O=C1CC(C(=O)Nc2ccc(F)c(F)c2F)n2ncc(-c3ccc(Cl)cc3)c2N1. The molecule has 1 aliphatic rings. The summed E-state index contributed by atoms with van der Waals surface area (Å²) in [6.45, 7) is 0. The molecule has 1 atom stereocenters. The number of amides is 2. The van der Waals surface area contributed by atoms with Crippen molar-refractivity contribution in [3.8, 4) is 11.1 Å². The quantitative estimate of drug-likeness (QED) is 0.625. The Morgan fingerprint density at radius 3 is 2.59 bits per heavy atom. The first-order valence-electron chi connectivity index (χ1n) is 8.43. The summed E-state index contributed by atoms with van der Waals surface area (Å²) in [5, 5.41) is 9.55. The summed E-state index contributed by atoms with van der Waals surface area (Å²) in [6, 6.07) is 7.28. The highest BCUT2D eigenvalue weighted by Crippen LogP contribution is 2.35. The largest absolute Gasteiger partial charge is 0.322 e. The standard InChI is InChI=1S/C19H12ClF3N4O2/c20-10-3-1-9(2-4-10)11-8-24-27-14(7-15(28)26-18(11)27)19(29)25-13-6-5-12(21)16(22)17(13)23/h1-6,8,14H,7H2,(H,25,29)(H,26,28). The van der Waals surface area contributed by atoms with Crippen LogP contribution in [0.3, 0.4) is 0 Å². The number of fused-ring (bicyclic) bond motifs is 1. The van der Waals surface area contributed by atoms with Crippen molar-refractivity contribution in [1.29, 1.82) is 0 Å². The van der Waals surface area contributed by atoms with Gasteiger partial charge in [-0.2, -0.15) is 5.10 Å². The third-order valence-corrected chi connectivity index (χ3v) is 4.73. The number of anilines is 2. The molecular weight excluding hydrogens is 409 g/mol. The van der Waals surface area contributed by atoms with Crippen LogP contribution in [0, 0.1) is 17.5 Å². The minimum Gasteiger partial charge on any atom is -0.322 e. The lowest BCUT2D eigenvalue weighted by molar-refractivity contribution is -0.125. The van der Waals surface area contributed by atoms with E-state index in [2.05, 4.69) is 15.7 Å². The zero-order chi connectivity index (χ0) is 20.7. The summed E-state index contributed by atoms with van der Waals surface area (Å²) in [5.41, 5.74) is 0.738. The molecule has 10 heteroatoms. The van der Waals surface area contributed by atoms with Crippen LogP contribution in [-0.2, 0) is 9.59 Å². The van der Waals surface area contributed by atoms with Gasteiger partial charge in [0, 0.05) is 10.6 Å². The lowest BCUT2D eigenvalue weighted by Gasteiger charge is -2.24. The average Bonchev–Trinajstić information content (AvgIpc) is 3.12. The van der Waals surface area contributed by atoms with Gasteiger partial charge in [0.25, 0.3) is 0 Å². The van der Waals surface area contributed by atoms with Gasteiger partial charge in [0.15, 0.2) is 17.5 Å². The van der Waals surface area contributed by atoms with Crippen molar-refractivity contribution in [1.82, 2.24) is 9.78 Å². The van der Waals surface area contributed by atoms with Crippen LogP contribution in [0.5, 0.6) is 0 Å². The molecule has 0 fully saturated rings. The molecule has 6 nitrogen and oxygen atoms in total. The molecule has 3 aromatic rings. The highest BCUT2D eigenvalue weighted by Gasteiger charge is 2.33. The van der Waals surface area contributed by atoms with Crippen LogP contribution >= 0.6 is 11.6 Å². The first-order chi connectivity index (χ1) is 13.8. The van der Waals surface area contributed by atoms with E-state index in [1.165, 1.54) is 10.9 Å².